The lowest BCUT2D eigenvalue weighted by atomic mass is 10.0. The van der Waals surface area contributed by atoms with Crippen molar-refractivity contribution in [2.24, 2.45) is 0 Å². The molecule has 0 amide bonds. The second-order valence-corrected chi connectivity index (χ2v) is 7.66. The van der Waals surface area contributed by atoms with E-state index in [4.69, 9.17) is 5.11 Å². The zero-order valence-electron chi connectivity index (χ0n) is 13.5. The van der Waals surface area contributed by atoms with Gasteiger partial charge in [0.15, 0.2) is 9.84 Å². The van der Waals surface area contributed by atoms with Gasteiger partial charge in [-0.2, -0.15) is 5.10 Å². The largest absolute Gasteiger partial charge is 0.480 e. The maximum absolute atomic E-state index is 11.6. The maximum atomic E-state index is 11.6. The van der Waals surface area contributed by atoms with Gasteiger partial charge < -0.3 is 5.11 Å². The van der Waals surface area contributed by atoms with Gasteiger partial charge in [-0.3, -0.25) is 9.48 Å². The molecule has 0 bridgehead atoms. The number of carbonyl (C=O) groups is 1. The van der Waals surface area contributed by atoms with Crippen LogP contribution in [0.25, 0.3) is 22.4 Å². The molecule has 1 heterocycles. The SMILES string of the molecule is CS(=O)(=O)c1ccc(-c2nn(CC(=O)O)cc2-c2ccccc2)cc1. The van der Waals surface area contributed by atoms with Crippen LogP contribution in [0.2, 0.25) is 0 Å². The van der Waals surface area contributed by atoms with Crippen LogP contribution in [-0.4, -0.2) is 35.5 Å². The fourth-order valence-electron chi connectivity index (χ4n) is 2.54. The van der Waals surface area contributed by atoms with Crippen LogP contribution in [0, 0.1) is 0 Å². The first-order valence-electron chi connectivity index (χ1n) is 7.50. The standard InChI is InChI=1S/C18H16N2O4S/c1-25(23,24)15-9-7-14(8-10-15)18-16(13-5-3-2-4-6-13)11-20(19-18)12-17(21)22/h2-11H,12H2,1H3,(H,21,22). The van der Waals surface area contributed by atoms with Gasteiger partial charge in [0.1, 0.15) is 12.2 Å². The third kappa shape index (κ3) is 3.77. The number of aromatic nitrogens is 2. The number of carboxylic acid groups (broad SMARTS) is 1. The number of sulfone groups is 1. The highest BCUT2D eigenvalue weighted by Crippen LogP contribution is 2.31. The van der Waals surface area contributed by atoms with Gasteiger partial charge in [-0.25, -0.2) is 8.42 Å². The average Bonchev–Trinajstić information content (AvgIpc) is 2.98. The van der Waals surface area contributed by atoms with Gasteiger partial charge in [-0.05, 0) is 17.7 Å². The first-order valence-corrected chi connectivity index (χ1v) is 9.39. The molecule has 0 aliphatic carbocycles. The smallest absolute Gasteiger partial charge is 0.325 e. The van der Waals surface area contributed by atoms with Crippen molar-refractivity contribution >= 4 is 15.8 Å². The molecule has 7 heteroatoms. The predicted octanol–water partition coefficient (Wildman–Crippen LogP) is 2.71. The topological polar surface area (TPSA) is 89.3 Å². The maximum Gasteiger partial charge on any atom is 0.325 e. The van der Waals surface area contributed by atoms with Crippen molar-refractivity contribution in [1.29, 1.82) is 0 Å². The Hall–Kier alpha value is -2.93. The number of benzene rings is 2. The van der Waals surface area contributed by atoms with E-state index in [1.165, 1.54) is 16.8 Å². The summed E-state index contributed by atoms with van der Waals surface area (Å²) in [6, 6.07) is 15.9. The minimum atomic E-state index is -3.28. The highest BCUT2D eigenvalue weighted by atomic mass is 32.2. The number of hydrogen-bond donors (Lipinski definition) is 1. The summed E-state index contributed by atoms with van der Waals surface area (Å²) in [6.45, 7) is -0.249. The van der Waals surface area contributed by atoms with Crippen LogP contribution in [0.4, 0.5) is 0 Å². The van der Waals surface area contributed by atoms with Gasteiger partial charge >= 0.3 is 5.97 Å². The summed E-state index contributed by atoms with van der Waals surface area (Å²) in [5.74, 6) is -0.985. The van der Waals surface area contributed by atoms with E-state index in [1.54, 1.807) is 18.3 Å². The van der Waals surface area contributed by atoms with Crippen molar-refractivity contribution in [1.82, 2.24) is 9.78 Å². The van der Waals surface area contributed by atoms with Crippen molar-refractivity contribution < 1.29 is 18.3 Å². The van der Waals surface area contributed by atoms with Crippen LogP contribution in [0.5, 0.6) is 0 Å². The minimum Gasteiger partial charge on any atom is -0.480 e. The number of hydrogen-bond acceptors (Lipinski definition) is 4. The summed E-state index contributed by atoms with van der Waals surface area (Å²) in [5.41, 5.74) is 3.01. The van der Waals surface area contributed by atoms with Gasteiger partial charge in [0.05, 0.1) is 4.90 Å². The van der Waals surface area contributed by atoms with Crippen LogP contribution < -0.4 is 0 Å². The van der Waals surface area contributed by atoms with Crippen molar-refractivity contribution in [3.63, 3.8) is 0 Å². The lowest BCUT2D eigenvalue weighted by Gasteiger charge is -2.04. The first-order chi connectivity index (χ1) is 11.8. The van der Waals surface area contributed by atoms with Gasteiger partial charge in [0.2, 0.25) is 0 Å². The van der Waals surface area contributed by atoms with E-state index in [0.717, 1.165) is 22.9 Å². The summed E-state index contributed by atoms with van der Waals surface area (Å²) in [5, 5.41) is 13.4. The molecule has 0 saturated heterocycles. The Morgan fingerprint density at radius 1 is 1.04 bits per heavy atom. The first kappa shape index (κ1) is 16.9. The van der Waals surface area contributed by atoms with Gasteiger partial charge in [0, 0.05) is 23.6 Å². The zero-order chi connectivity index (χ0) is 18.0. The molecule has 1 aromatic heterocycles. The van der Waals surface area contributed by atoms with Crippen molar-refractivity contribution in [2.45, 2.75) is 11.4 Å². The average molecular weight is 356 g/mol. The second kappa shape index (κ2) is 6.52. The summed E-state index contributed by atoms with van der Waals surface area (Å²) >= 11 is 0. The van der Waals surface area contributed by atoms with Crippen molar-refractivity contribution in [2.75, 3.05) is 6.26 Å². The van der Waals surface area contributed by atoms with E-state index in [-0.39, 0.29) is 11.4 Å². The Morgan fingerprint density at radius 2 is 1.68 bits per heavy atom. The summed E-state index contributed by atoms with van der Waals surface area (Å²) in [6.07, 6.45) is 2.84. The fraction of sp³-hybridized carbons (Fsp3) is 0.111. The molecule has 0 aliphatic heterocycles. The van der Waals surface area contributed by atoms with Gasteiger partial charge in [-0.1, -0.05) is 42.5 Å². The Balaban J connectivity index is 2.11. The molecule has 0 fully saturated rings. The van der Waals surface area contributed by atoms with Gasteiger partial charge in [-0.15, -0.1) is 0 Å². The van der Waals surface area contributed by atoms with E-state index >= 15 is 0 Å². The third-order valence-electron chi connectivity index (χ3n) is 3.70. The quantitative estimate of drug-likeness (QED) is 0.759. The van der Waals surface area contributed by atoms with E-state index in [1.807, 2.05) is 30.3 Å². The van der Waals surface area contributed by atoms with Crippen molar-refractivity contribution in [3.8, 4) is 22.4 Å². The van der Waals surface area contributed by atoms with E-state index in [2.05, 4.69) is 5.10 Å². The van der Waals surface area contributed by atoms with Crippen LogP contribution >= 0.6 is 0 Å². The van der Waals surface area contributed by atoms with Crippen LogP contribution in [0.1, 0.15) is 0 Å². The Labute approximate surface area is 145 Å². The Bertz CT molecular complexity index is 1010. The summed E-state index contributed by atoms with van der Waals surface area (Å²) in [7, 11) is -3.28. The summed E-state index contributed by atoms with van der Waals surface area (Å²) in [4.78, 5) is 11.2. The minimum absolute atomic E-state index is 0.225. The Morgan fingerprint density at radius 3 is 2.24 bits per heavy atom. The van der Waals surface area contributed by atoms with E-state index < -0.39 is 15.8 Å². The lowest BCUT2D eigenvalue weighted by molar-refractivity contribution is -0.137. The number of rotatable bonds is 5. The number of carboxylic acids is 1. The number of aliphatic carboxylic acids is 1. The molecular weight excluding hydrogens is 340 g/mol. The van der Waals surface area contributed by atoms with Crippen LogP contribution in [0.15, 0.2) is 65.7 Å². The predicted molar refractivity (Wildman–Crippen MR) is 93.8 cm³/mol. The molecule has 1 N–H and O–H groups in total. The molecule has 25 heavy (non-hydrogen) atoms. The van der Waals surface area contributed by atoms with Gasteiger partial charge in [0.25, 0.3) is 0 Å². The molecule has 3 aromatic rings. The normalized spacial score (nSPS) is 11.4. The molecular formula is C18H16N2O4S. The third-order valence-corrected chi connectivity index (χ3v) is 4.83. The highest BCUT2D eigenvalue weighted by molar-refractivity contribution is 7.90. The lowest BCUT2D eigenvalue weighted by Crippen LogP contribution is -2.08. The van der Waals surface area contributed by atoms with Crippen LogP contribution in [0.3, 0.4) is 0 Å². The molecule has 0 unspecified atom stereocenters. The van der Waals surface area contributed by atoms with E-state index in [0.29, 0.717) is 5.69 Å². The van der Waals surface area contributed by atoms with E-state index in [9.17, 15) is 13.2 Å². The zero-order valence-corrected chi connectivity index (χ0v) is 14.3. The molecule has 6 nitrogen and oxygen atoms in total. The highest BCUT2D eigenvalue weighted by Gasteiger charge is 2.15. The summed E-state index contributed by atoms with van der Waals surface area (Å²) < 4.78 is 24.6. The molecule has 3 rings (SSSR count). The molecule has 0 radical (unpaired) electrons. The van der Waals surface area contributed by atoms with Crippen molar-refractivity contribution in [3.05, 3.63) is 60.8 Å². The Kier molecular flexibility index (Phi) is 4.41. The second-order valence-electron chi connectivity index (χ2n) is 5.65. The molecule has 128 valence electrons. The monoisotopic (exact) mass is 356 g/mol. The molecule has 0 spiro atoms. The number of nitrogens with zero attached hydrogens (tertiary/aromatic N) is 2. The molecule has 0 saturated carbocycles. The molecule has 2 aromatic carbocycles. The molecule has 0 atom stereocenters. The van der Waals surface area contributed by atoms with Crippen LogP contribution in [-0.2, 0) is 21.2 Å². The molecule has 0 aliphatic rings. The fourth-order valence-corrected chi connectivity index (χ4v) is 3.17.